The van der Waals surface area contributed by atoms with Crippen molar-refractivity contribution >= 4 is 34.1 Å². The van der Waals surface area contributed by atoms with Gasteiger partial charge in [-0.2, -0.15) is 0 Å². The highest BCUT2D eigenvalue weighted by Crippen LogP contribution is 2.26. The van der Waals surface area contributed by atoms with Crippen molar-refractivity contribution in [2.45, 2.75) is 24.1 Å². The number of amides is 1. The molecule has 7 heteroatoms. The topological polar surface area (TPSA) is 67.8 Å². The van der Waals surface area contributed by atoms with Crippen LogP contribution < -0.4 is 5.32 Å². The Kier molecular flexibility index (Phi) is 5.22. The molecule has 5 nitrogen and oxygen atoms in total. The third-order valence-corrected chi connectivity index (χ3v) is 5.14. The van der Waals surface area contributed by atoms with Gasteiger partial charge in [0.25, 0.3) is 0 Å². The van der Waals surface area contributed by atoms with Gasteiger partial charge in [0.1, 0.15) is 11.4 Å². The third kappa shape index (κ3) is 4.18. The van der Waals surface area contributed by atoms with Crippen molar-refractivity contribution in [1.29, 1.82) is 0 Å². The average Bonchev–Trinajstić information content (AvgIpc) is 3.00. The monoisotopic (exact) mass is 356 g/mol. The maximum atomic E-state index is 12.3. The summed E-state index contributed by atoms with van der Waals surface area (Å²) in [5, 5.41) is 5.84. The van der Waals surface area contributed by atoms with Crippen LogP contribution in [0.15, 0.2) is 53.1 Å². The molecule has 1 N–H and O–H groups in total. The quantitative estimate of drug-likeness (QED) is 0.552. The molecule has 0 bridgehead atoms. The molecule has 0 unspecified atom stereocenters. The third-order valence-electron chi connectivity index (χ3n) is 3.23. The number of thioether (sulfide) groups is 1. The summed E-state index contributed by atoms with van der Waals surface area (Å²) >= 11 is 2.82. The van der Waals surface area contributed by atoms with Crippen molar-refractivity contribution in [3.05, 3.63) is 53.8 Å². The van der Waals surface area contributed by atoms with Gasteiger partial charge in [0.2, 0.25) is 5.91 Å². The molecule has 0 spiro atoms. The van der Waals surface area contributed by atoms with E-state index in [0.717, 1.165) is 22.0 Å². The first-order valence-corrected chi connectivity index (χ1v) is 9.15. The number of hydrogen-bond acceptors (Lipinski definition) is 6. The fourth-order valence-corrected chi connectivity index (χ4v) is 3.53. The Morgan fingerprint density at radius 3 is 2.75 bits per heavy atom. The van der Waals surface area contributed by atoms with Gasteiger partial charge in [-0.05, 0) is 19.9 Å². The highest BCUT2D eigenvalue weighted by atomic mass is 32.2. The van der Waals surface area contributed by atoms with Crippen molar-refractivity contribution in [2.24, 2.45) is 0 Å². The molecule has 0 radical (unpaired) electrons. The number of aromatic nitrogens is 3. The van der Waals surface area contributed by atoms with Gasteiger partial charge in [-0.25, -0.2) is 15.0 Å². The standard InChI is InChI=1S/C17H16N4OS2/c1-11-9-23-17(20-11)21-16(22)12(2)24-15-8-14(18-10-19-15)13-6-4-3-5-7-13/h3-10,12H,1-2H3,(H,20,21,22)/t12-/m1/s1. The van der Waals surface area contributed by atoms with Gasteiger partial charge < -0.3 is 5.32 Å². The van der Waals surface area contributed by atoms with Crippen LogP contribution in [-0.4, -0.2) is 26.1 Å². The van der Waals surface area contributed by atoms with Crippen LogP contribution in [0, 0.1) is 6.92 Å². The fourth-order valence-electron chi connectivity index (χ4n) is 2.02. The second-order valence-corrected chi connectivity index (χ2v) is 7.37. The number of nitrogens with one attached hydrogen (secondary N) is 1. The molecule has 0 aliphatic rings. The number of hydrogen-bond donors (Lipinski definition) is 1. The van der Waals surface area contributed by atoms with Gasteiger partial charge in [0.05, 0.1) is 16.6 Å². The molecule has 0 saturated carbocycles. The lowest BCUT2D eigenvalue weighted by Crippen LogP contribution is -2.22. The van der Waals surface area contributed by atoms with Crippen molar-refractivity contribution in [2.75, 3.05) is 5.32 Å². The van der Waals surface area contributed by atoms with Crippen LogP contribution in [0.4, 0.5) is 5.13 Å². The molecule has 0 aliphatic heterocycles. The van der Waals surface area contributed by atoms with Gasteiger partial charge in [0.15, 0.2) is 5.13 Å². The van der Waals surface area contributed by atoms with Gasteiger partial charge in [-0.15, -0.1) is 11.3 Å². The predicted octanol–water partition coefficient (Wildman–Crippen LogP) is 4.03. The van der Waals surface area contributed by atoms with E-state index in [9.17, 15) is 4.79 Å². The van der Waals surface area contributed by atoms with Gasteiger partial charge >= 0.3 is 0 Å². The molecule has 1 atom stereocenters. The fraction of sp³-hybridized carbons (Fsp3) is 0.176. The molecule has 1 aromatic carbocycles. The Balaban J connectivity index is 1.68. The molecule has 2 heterocycles. The summed E-state index contributed by atoms with van der Waals surface area (Å²) in [4.78, 5) is 25.1. The van der Waals surface area contributed by atoms with Crippen molar-refractivity contribution in [3.63, 3.8) is 0 Å². The van der Waals surface area contributed by atoms with E-state index in [1.807, 2.05) is 55.6 Å². The zero-order chi connectivity index (χ0) is 16.9. The molecule has 2 aromatic heterocycles. The van der Waals surface area contributed by atoms with Crippen molar-refractivity contribution in [3.8, 4) is 11.3 Å². The van der Waals surface area contributed by atoms with Gasteiger partial charge in [-0.3, -0.25) is 4.79 Å². The zero-order valence-electron chi connectivity index (χ0n) is 13.3. The summed E-state index contributed by atoms with van der Waals surface area (Å²) < 4.78 is 0. The molecule has 3 rings (SSSR count). The zero-order valence-corrected chi connectivity index (χ0v) is 14.9. The van der Waals surface area contributed by atoms with E-state index in [1.54, 1.807) is 0 Å². The number of anilines is 1. The number of carbonyl (C=O) groups is 1. The predicted molar refractivity (Wildman–Crippen MR) is 98.3 cm³/mol. The lowest BCUT2D eigenvalue weighted by molar-refractivity contribution is -0.115. The number of carbonyl (C=O) groups excluding carboxylic acids is 1. The van der Waals surface area contributed by atoms with Gasteiger partial charge in [0, 0.05) is 10.9 Å². The largest absolute Gasteiger partial charge is 0.301 e. The van der Waals surface area contributed by atoms with Crippen LogP contribution in [-0.2, 0) is 4.79 Å². The Labute approximate surface area is 148 Å². The summed E-state index contributed by atoms with van der Waals surface area (Å²) in [6.07, 6.45) is 1.53. The molecular formula is C17H16N4OS2. The van der Waals surface area contributed by atoms with Crippen LogP contribution in [0.1, 0.15) is 12.6 Å². The molecule has 0 fully saturated rings. The number of thiazole rings is 1. The van der Waals surface area contributed by atoms with Crippen LogP contribution in [0.2, 0.25) is 0 Å². The minimum absolute atomic E-state index is 0.0887. The normalized spacial score (nSPS) is 11.9. The van der Waals surface area contributed by atoms with E-state index in [4.69, 9.17) is 0 Å². The Bertz CT molecular complexity index is 835. The summed E-state index contributed by atoms with van der Waals surface area (Å²) in [5.74, 6) is -0.0887. The first kappa shape index (κ1) is 16.6. The maximum absolute atomic E-state index is 12.3. The maximum Gasteiger partial charge on any atom is 0.239 e. The van der Waals surface area contributed by atoms with E-state index in [-0.39, 0.29) is 11.2 Å². The van der Waals surface area contributed by atoms with Crippen LogP contribution in [0.5, 0.6) is 0 Å². The molecule has 1 amide bonds. The SMILES string of the molecule is Cc1csc(NC(=O)[C@@H](C)Sc2cc(-c3ccccc3)ncn2)n1. The second-order valence-electron chi connectivity index (χ2n) is 5.15. The Morgan fingerprint density at radius 1 is 1.25 bits per heavy atom. The van der Waals surface area contributed by atoms with E-state index < -0.39 is 0 Å². The van der Waals surface area contributed by atoms with E-state index in [1.165, 1.54) is 29.4 Å². The number of benzene rings is 1. The minimum atomic E-state index is -0.285. The summed E-state index contributed by atoms with van der Waals surface area (Å²) in [6, 6.07) is 11.8. The number of rotatable bonds is 5. The van der Waals surface area contributed by atoms with E-state index >= 15 is 0 Å². The van der Waals surface area contributed by atoms with Gasteiger partial charge in [-0.1, -0.05) is 42.1 Å². The highest BCUT2D eigenvalue weighted by molar-refractivity contribution is 8.00. The Morgan fingerprint density at radius 2 is 2.04 bits per heavy atom. The Hall–Kier alpha value is -2.25. The number of aryl methyl sites for hydroxylation is 1. The summed E-state index contributed by atoms with van der Waals surface area (Å²) in [5.41, 5.74) is 2.77. The lowest BCUT2D eigenvalue weighted by Gasteiger charge is -2.10. The molecule has 122 valence electrons. The molecule has 3 aromatic rings. The number of nitrogens with zero attached hydrogens (tertiary/aromatic N) is 3. The average molecular weight is 356 g/mol. The highest BCUT2D eigenvalue weighted by Gasteiger charge is 2.17. The van der Waals surface area contributed by atoms with Crippen LogP contribution in [0.3, 0.4) is 0 Å². The molecule has 0 saturated heterocycles. The molecule has 24 heavy (non-hydrogen) atoms. The first-order valence-electron chi connectivity index (χ1n) is 7.39. The smallest absolute Gasteiger partial charge is 0.239 e. The molecule has 0 aliphatic carbocycles. The summed E-state index contributed by atoms with van der Waals surface area (Å²) in [6.45, 7) is 3.75. The van der Waals surface area contributed by atoms with Crippen molar-refractivity contribution < 1.29 is 4.79 Å². The van der Waals surface area contributed by atoms with E-state index in [0.29, 0.717) is 5.13 Å². The summed E-state index contributed by atoms with van der Waals surface area (Å²) in [7, 11) is 0. The van der Waals surface area contributed by atoms with Crippen molar-refractivity contribution in [1.82, 2.24) is 15.0 Å². The lowest BCUT2D eigenvalue weighted by atomic mass is 10.1. The van der Waals surface area contributed by atoms with Crippen LogP contribution >= 0.6 is 23.1 Å². The van der Waals surface area contributed by atoms with Crippen LogP contribution in [0.25, 0.3) is 11.3 Å². The molecular weight excluding hydrogens is 340 g/mol. The van der Waals surface area contributed by atoms with E-state index in [2.05, 4.69) is 20.3 Å². The first-order chi connectivity index (χ1) is 11.6. The second kappa shape index (κ2) is 7.55. The minimum Gasteiger partial charge on any atom is -0.301 e.